The fraction of sp³-hybridized carbons (Fsp3) is 0.208. The maximum absolute atomic E-state index is 13.1. The van der Waals surface area contributed by atoms with Gasteiger partial charge in [-0.3, -0.25) is 14.9 Å². The smallest absolute Gasteiger partial charge is 0.276 e. The van der Waals surface area contributed by atoms with Gasteiger partial charge in [-0.1, -0.05) is 60.7 Å². The molecule has 3 aromatic carbocycles. The second-order valence-corrected chi connectivity index (χ2v) is 6.89. The molecule has 0 spiro atoms. The molecule has 0 aliphatic rings. The maximum atomic E-state index is 13.1. The molecule has 3 rings (SSSR count). The Bertz CT molecular complexity index is 999. The summed E-state index contributed by atoms with van der Waals surface area (Å²) in [6.07, 6.45) is 0.276. The first-order valence-electron chi connectivity index (χ1n) is 9.82. The van der Waals surface area contributed by atoms with E-state index < -0.39 is 10.8 Å². The van der Waals surface area contributed by atoms with Crippen LogP contribution >= 0.6 is 0 Å². The summed E-state index contributed by atoms with van der Waals surface area (Å²) in [5, 5.41) is 14.4. The highest BCUT2D eigenvalue weighted by Gasteiger charge is 2.23. The summed E-state index contributed by atoms with van der Waals surface area (Å²) in [4.78, 5) is 24.1. The lowest BCUT2D eigenvalue weighted by Crippen LogP contribution is -2.31. The molecule has 0 aliphatic carbocycles. The second kappa shape index (κ2) is 10.2. The second-order valence-electron chi connectivity index (χ2n) is 6.89. The molecule has 0 radical (unpaired) electrons. The van der Waals surface area contributed by atoms with Crippen molar-refractivity contribution in [1.82, 2.24) is 5.32 Å². The van der Waals surface area contributed by atoms with Gasteiger partial charge in [-0.2, -0.15) is 0 Å². The van der Waals surface area contributed by atoms with Crippen molar-refractivity contribution in [3.63, 3.8) is 0 Å². The van der Waals surface area contributed by atoms with Crippen LogP contribution in [0.5, 0.6) is 11.5 Å². The lowest BCUT2D eigenvalue weighted by atomic mass is 9.90. The normalized spacial score (nSPS) is 10.5. The van der Waals surface area contributed by atoms with Crippen LogP contribution in [-0.4, -0.2) is 31.6 Å². The zero-order valence-corrected chi connectivity index (χ0v) is 17.4. The summed E-state index contributed by atoms with van der Waals surface area (Å²) in [5.41, 5.74) is 2.14. The van der Waals surface area contributed by atoms with Crippen LogP contribution in [0, 0.1) is 10.1 Å². The minimum Gasteiger partial charge on any atom is -0.493 e. The Morgan fingerprint density at radius 1 is 0.935 bits per heavy atom. The van der Waals surface area contributed by atoms with Gasteiger partial charge in [0.2, 0.25) is 5.91 Å². The van der Waals surface area contributed by atoms with E-state index in [1.165, 1.54) is 20.3 Å². The molecule has 0 aromatic heterocycles. The topological polar surface area (TPSA) is 90.7 Å². The standard InChI is InChI=1S/C24H24N2O5/c1-30-21-15-19(20(26(28)29)16-22(21)31-2)13-14-25-24(27)23(17-9-5-3-6-10-17)18-11-7-4-8-12-18/h3-12,15-16,23H,13-14H2,1-2H3,(H,25,27). The van der Waals surface area contributed by atoms with Crippen molar-refractivity contribution in [2.24, 2.45) is 0 Å². The van der Waals surface area contributed by atoms with Crippen LogP contribution in [0.3, 0.4) is 0 Å². The Morgan fingerprint density at radius 2 is 1.45 bits per heavy atom. The quantitative estimate of drug-likeness (QED) is 0.416. The Kier molecular flexibility index (Phi) is 7.22. The molecular formula is C24H24N2O5. The van der Waals surface area contributed by atoms with Gasteiger partial charge in [0.1, 0.15) is 0 Å². The Labute approximate surface area is 180 Å². The highest BCUT2D eigenvalue weighted by atomic mass is 16.6. The monoisotopic (exact) mass is 420 g/mol. The molecule has 7 heteroatoms. The largest absolute Gasteiger partial charge is 0.493 e. The van der Waals surface area contributed by atoms with Crippen molar-refractivity contribution in [3.05, 3.63) is 99.6 Å². The third-order valence-electron chi connectivity index (χ3n) is 5.00. The number of amides is 1. The molecule has 1 N–H and O–H groups in total. The first-order chi connectivity index (χ1) is 15.0. The molecule has 31 heavy (non-hydrogen) atoms. The van der Waals surface area contributed by atoms with Crippen molar-refractivity contribution >= 4 is 11.6 Å². The van der Waals surface area contributed by atoms with Gasteiger partial charge in [-0.05, 0) is 23.6 Å². The molecule has 0 unspecified atom stereocenters. The van der Waals surface area contributed by atoms with Gasteiger partial charge in [0.25, 0.3) is 5.69 Å². The predicted molar refractivity (Wildman–Crippen MR) is 118 cm³/mol. The molecule has 1 amide bonds. The molecule has 0 aliphatic heterocycles. The van der Waals surface area contributed by atoms with Gasteiger partial charge in [0, 0.05) is 12.1 Å². The van der Waals surface area contributed by atoms with E-state index in [9.17, 15) is 14.9 Å². The molecule has 0 bridgehead atoms. The summed E-state index contributed by atoms with van der Waals surface area (Å²) in [5.74, 6) is 0.0550. The number of hydrogen-bond acceptors (Lipinski definition) is 5. The zero-order chi connectivity index (χ0) is 22.2. The minimum atomic E-state index is -0.470. The van der Waals surface area contributed by atoms with E-state index in [2.05, 4.69) is 5.32 Å². The average molecular weight is 420 g/mol. The van der Waals surface area contributed by atoms with Crippen LogP contribution in [0.1, 0.15) is 22.6 Å². The van der Waals surface area contributed by atoms with Crippen molar-refractivity contribution in [3.8, 4) is 11.5 Å². The van der Waals surface area contributed by atoms with Crippen LogP contribution in [-0.2, 0) is 11.2 Å². The van der Waals surface area contributed by atoms with Gasteiger partial charge in [0.05, 0.1) is 31.1 Å². The van der Waals surface area contributed by atoms with Crippen LogP contribution in [0.25, 0.3) is 0 Å². The highest BCUT2D eigenvalue weighted by Crippen LogP contribution is 2.34. The van der Waals surface area contributed by atoms with Gasteiger partial charge in [-0.25, -0.2) is 0 Å². The molecule has 0 heterocycles. The zero-order valence-electron chi connectivity index (χ0n) is 17.4. The van der Waals surface area contributed by atoms with Crippen molar-refractivity contribution in [2.75, 3.05) is 20.8 Å². The number of nitrogens with one attached hydrogen (secondary N) is 1. The SMILES string of the molecule is COc1cc(CCNC(=O)C(c2ccccc2)c2ccccc2)c([N+](=O)[O-])cc1OC. The van der Waals surface area contributed by atoms with Crippen LogP contribution in [0.2, 0.25) is 0 Å². The average Bonchev–Trinajstić information content (AvgIpc) is 2.80. The van der Waals surface area contributed by atoms with E-state index in [0.29, 0.717) is 11.3 Å². The number of methoxy groups -OCH3 is 2. The summed E-state index contributed by atoms with van der Waals surface area (Å²) in [6.45, 7) is 0.241. The Balaban J connectivity index is 1.79. The first kappa shape index (κ1) is 21.8. The number of nitro groups is 1. The fourth-order valence-corrected chi connectivity index (χ4v) is 3.49. The molecule has 0 fully saturated rings. The number of nitrogens with zero attached hydrogens (tertiary/aromatic N) is 1. The molecule has 0 saturated carbocycles. The molecule has 3 aromatic rings. The van der Waals surface area contributed by atoms with E-state index in [0.717, 1.165) is 11.1 Å². The number of nitro benzene ring substituents is 1. The van der Waals surface area contributed by atoms with Crippen LogP contribution < -0.4 is 14.8 Å². The van der Waals surface area contributed by atoms with Crippen LogP contribution in [0.4, 0.5) is 5.69 Å². The summed E-state index contributed by atoms with van der Waals surface area (Å²) >= 11 is 0. The minimum absolute atomic E-state index is 0.0745. The van der Waals surface area contributed by atoms with Gasteiger partial charge >= 0.3 is 0 Å². The lowest BCUT2D eigenvalue weighted by Gasteiger charge is -2.18. The first-order valence-corrected chi connectivity index (χ1v) is 9.82. The molecular weight excluding hydrogens is 396 g/mol. The number of carbonyl (C=O) groups is 1. The van der Waals surface area contributed by atoms with E-state index >= 15 is 0 Å². The number of rotatable bonds is 9. The number of benzene rings is 3. The van der Waals surface area contributed by atoms with Crippen molar-refractivity contribution in [1.29, 1.82) is 0 Å². The van der Waals surface area contributed by atoms with E-state index in [-0.39, 0.29) is 30.3 Å². The van der Waals surface area contributed by atoms with E-state index in [1.54, 1.807) is 6.07 Å². The maximum Gasteiger partial charge on any atom is 0.276 e. The van der Waals surface area contributed by atoms with E-state index in [1.807, 2.05) is 60.7 Å². The lowest BCUT2D eigenvalue weighted by molar-refractivity contribution is -0.385. The number of ether oxygens (including phenoxy) is 2. The molecule has 0 atom stereocenters. The van der Waals surface area contributed by atoms with Gasteiger partial charge in [-0.15, -0.1) is 0 Å². The Hall–Kier alpha value is -3.87. The van der Waals surface area contributed by atoms with E-state index in [4.69, 9.17) is 9.47 Å². The number of carbonyl (C=O) groups excluding carboxylic acids is 1. The summed E-state index contributed by atoms with van der Waals surface area (Å²) in [7, 11) is 2.90. The molecule has 7 nitrogen and oxygen atoms in total. The summed E-state index contributed by atoms with van der Waals surface area (Å²) in [6, 6.07) is 22.0. The van der Waals surface area contributed by atoms with Gasteiger partial charge in [0.15, 0.2) is 11.5 Å². The third-order valence-corrected chi connectivity index (χ3v) is 5.00. The predicted octanol–water partition coefficient (Wildman–Crippen LogP) is 4.10. The van der Waals surface area contributed by atoms with Crippen molar-refractivity contribution in [2.45, 2.75) is 12.3 Å². The number of hydrogen-bond donors (Lipinski definition) is 1. The molecule has 160 valence electrons. The molecule has 0 saturated heterocycles. The Morgan fingerprint density at radius 3 is 1.94 bits per heavy atom. The highest BCUT2D eigenvalue weighted by molar-refractivity contribution is 5.87. The van der Waals surface area contributed by atoms with Gasteiger partial charge < -0.3 is 14.8 Å². The summed E-state index contributed by atoms with van der Waals surface area (Å²) < 4.78 is 10.4. The van der Waals surface area contributed by atoms with Crippen molar-refractivity contribution < 1.29 is 19.2 Å². The van der Waals surface area contributed by atoms with Crippen LogP contribution in [0.15, 0.2) is 72.8 Å². The third kappa shape index (κ3) is 5.19. The fourth-order valence-electron chi connectivity index (χ4n) is 3.49.